The van der Waals surface area contributed by atoms with Gasteiger partial charge in [0.15, 0.2) is 0 Å². The largest absolute Gasteiger partial charge is 0.439 e. The number of ether oxygens (including phenoxy) is 2. The van der Waals surface area contributed by atoms with Gasteiger partial charge in [-0.05, 0) is 18.2 Å². The first kappa shape index (κ1) is 15.0. The Bertz CT molecular complexity index is 587. The van der Waals surface area contributed by atoms with Crippen molar-refractivity contribution in [2.75, 3.05) is 20.8 Å². The van der Waals surface area contributed by atoms with E-state index in [-0.39, 0.29) is 12.5 Å². The van der Waals surface area contributed by atoms with E-state index in [0.717, 1.165) is 5.56 Å². The normalized spacial score (nSPS) is 10.2. The summed E-state index contributed by atoms with van der Waals surface area (Å²) in [4.78, 5) is 17.6. The van der Waals surface area contributed by atoms with Gasteiger partial charge >= 0.3 is 0 Å². The number of likely N-dealkylation sites (N-methyl/N-ethyl adjacent to an activating group) is 1. The molecule has 1 aromatic heterocycles. The number of nitrogens with zero attached hydrogens (tertiary/aromatic N) is 2. The Morgan fingerprint density at radius 2 is 1.95 bits per heavy atom. The van der Waals surface area contributed by atoms with Crippen LogP contribution >= 0.6 is 0 Å². The molecule has 21 heavy (non-hydrogen) atoms. The number of benzene rings is 1. The van der Waals surface area contributed by atoms with E-state index in [1.807, 2.05) is 42.5 Å². The first-order valence-corrected chi connectivity index (χ1v) is 6.60. The summed E-state index contributed by atoms with van der Waals surface area (Å²) < 4.78 is 10.6. The third-order valence-electron chi connectivity index (χ3n) is 2.91. The van der Waals surface area contributed by atoms with Gasteiger partial charge in [-0.3, -0.25) is 4.79 Å². The predicted octanol–water partition coefficient (Wildman–Crippen LogP) is 2.48. The Morgan fingerprint density at radius 1 is 1.19 bits per heavy atom. The topological polar surface area (TPSA) is 51.7 Å². The molecule has 0 saturated heterocycles. The highest BCUT2D eigenvalue weighted by molar-refractivity contribution is 5.77. The number of carbonyl (C=O) groups is 1. The molecule has 0 atom stereocenters. The third-order valence-corrected chi connectivity index (χ3v) is 2.91. The number of carbonyl (C=O) groups excluding carboxylic acids is 1. The number of pyridine rings is 1. The smallest absolute Gasteiger partial charge is 0.248 e. The van der Waals surface area contributed by atoms with E-state index >= 15 is 0 Å². The van der Waals surface area contributed by atoms with Crippen LogP contribution in [0, 0.1) is 0 Å². The molecule has 2 rings (SSSR count). The van der Waals surface area contributed by atoms with Crippen molar-refractivity contribution < 1.29 is 14.3 Å². The summed E-state index contributed by atoms with van der Waals surface area (Å²) in [5.74, 6) is 1.12. The van der Waals surface area contributed by atoms with Crippen molar-refractivity contribution in [2.45, 2.75) is 6.54 Å². The molecule has 0 N–H and O–H groups in total. The lowest BCUT2D eigenvalue weighted by molar-refractivity contribution is -0.134. The number of methoxy groups -OCH3 is 1. The molecule has 0 aliphatic carbocycles. The first-order valence-electron chi connectivity index (χ1n) is 6.60. The van der Waals surface area contributed by atoms with Crippen LogP contribution in [0.2, 0.25) is 0 Å². The number of hydrogen-bond donors (Lipinski definition) is 0. The predicted molar refractivity (Wildman–Crippen MR) is 79.1 cm³/mol. The molecule has 0 radical (unpaired) electrons. The summed E-state index contributed by atoms with van der Waals surface area (Å²) in [5.41, 5.74) is 0.841. The molecule has 0 unspecified atom stereocenters. The van der Waals surface area contributed by atoms with Crippen LogP contribution < -0.4 is 4.74 Å². The maximum absolute atomic E-state index is 11.8. The van der Waals surface area contributed by atoms with Crippen LogP contribution in [-0.4, -0.2) is 36.6 Å². The molecule has 0 aliphatic heterocycles. The summed E-state index contributed by atoms with van der Waals surface area (Å²) in [6.07, 6.45) is 1.67. The molecule has 0 bridgehead atoms. The lowest BCUT2D eigenvalue weighted by Gasteiger charge is -2.18. The standard InChI is InChI=1S/C16H18N2O3/c1-18(15(19)12-20-2)11-13-7-6-10-17-16(13)21-14-8-4-3-5-9-14/h3-10H,11-12H2,1-2H3. The number of rotatable bonds is 6. The molecule has 1 amide bonds. The fraction of sp³-hybridized carbons (Fsp3) is 0.250. The molecule has 1 heterocycles. The van der Waals surface area contributed by atoms with Crippen molar-refractivity contribution in [1.29, 1.82) is 0 Å². The van der Waals surface area contributed by atoms with Crippen LogP contribution in [-0.2, 0) is 16.1 Å². The molecular weight excluding hydrogens is 268 g/mol. The van der Waals surface area contributed by atoms with Gasteiger partial charge in [-0.15, -0.1) is 0 Å². The van der Waals surface area contributed by atoms with Gasteiger partial charge in [0.25, 0.3) is 0 Å². The van der Waals surface area contributed by atoms with Crippen molar-refractivity contribution in [3.8, 4) is 11.6 Å². The number of para-hydroxylation sites is 1. The first-order chi connectivity index (χ1) is 10.2. The van der Waals surface area contributed by atoms with Crippen molar-refractivity contribution >= 4 is 5.91 Å². The zero-order chi connectivity index (χ0) is 15.1. The van der Waals surface area contributed by atoms with Gasteiger partial charge in [-0.25, -0.2) is 4.98 Å². The van der Waals surface area contributed by atoms with E-state index < -0.39 is 0 Å². The second kappa shape index (κ2) is 7.40. The monoisotopic (exact) mass is 286 g/mol. The summed E-state index contributed by atoms with van der Waals surface area (Å²) in [6, 6.07) is 13.1. The lowest BCUT2D eigenvalue weighted by Crippen LogP contribution is -2.29. The van der Waals surface area contributed by atoms with Gasteiger partial charge in [0.05, 0.1) is 6.54 Å². The highest BCUT2D eigenvalue weighted by atomic mass is 16.5. The van der Waals surface area contributed by atoms with Crippen molar-refractivity contribution in [3.63, 3.8) is 0 Å². The van der Waals surface area contributed by atoms with Crippen LogP contribution in [0.25, 0.3) is 0 Å². The molecule has 0 fully saturated rings. The Labute approximate surface area is 124 Å². The van der Waals surface area contributed by atoms with E-state index in [0.29, 0.717) is 18.2 Å². The third kappa shape index (κ3) is 4.29. The molecule has 2 aromatic rings. The molecule has 5 nitrogen and oxygen atoms in total. The molecule has 1 aromatic carbocycles. The zero-order valence-electron chi connectivity index (χ0n) is 12.2. The second-order valence-electron chi connectivity index (χ2n) is 4.57. The Hall–Kier alpha value is -2.40. The van der Waals surface area contributed by atoms with Crippen molar-refractivity contribution in [3.05, 3.63) is 54.2 Å². The van der Waals surface area contributed by atoms with Crippen LogP contribution in [0.5, 0.6) is 11.6 Å². The van der Waals surface area contributed by atoms with Gasteiger partial charge in [0.1, 0.15) is 12.4 Å². The SMILES string of the molecule is COCC(=O)N(C)Cc1cccnc1Oc1ccccc1. The average Bonchev–Trinajstić information content (AvgIpc) is 2.50. The van der Waals surface area contributed by atoms with Gasteiger partial charge in [-0.1, -0.05) is 24.3 Å². The fourth-order valence-electron chi connectivity index (χ4n) is 1.81. The average molecular weight is 286 g/mol. The van der Waals surface area contributed by atoms with Crippen LogP contribution in [0.1, 0.15) is 5.56 Å². The van der Waals surface area contributed by atoms with Gasteiger partial charge in [0, 0.05) is 25.9 Å². The minimum absolute atomic E-state index is 0.0611. The molecule has 5 heteroatoms. The number of hydrogen-bond acceptors (Lipinski definition) is 4. The molecule has 0 aliphatic rings. The lowest BCUT2D eigenvalue weighted by atomic mass is 10.2. The van der Waals surface area contributed by atoms with E-state index in [2.05, 4.69) is 4.98 Å². The summed E-state index contributed by atoms with van der Waals surface area (Å²) in [7, 11) is 3.22. The summed E-state index contributed by atoms with van der Waals surface area (Å²) >= 11 is 0. The molecular formula is C16H18N2O3. The second-order valence-corrected chi connectivity index (χ2v) is 4.57. The fourth-order valence-corrected chi connectivity index (χ4v) is 1.81. The Kier molecular flexibility index (Phi) is 5.29. The van der Waals surface area contributed by atoms with Gasteiger partial charge in [0.2, 0.25) is 11.8 Å². The van der Waals surface area contributed by atoms with E-state index in [1.165, 1.54) is 7.11 Å². The quantitative estimate of drug-likeness (QED) is 0.818. The van der Waals surface area contributed by atoms with E-state index in [4.69, 9.17) is 9.47 Å². The minimum Gasteiger partial charge on any atom is -0.439 e. The Balaban J connectivity index is 2.12. The Morgan fingerprint density at radius 3 is 2.67 bits per heavy atom. The number of aromatic nitrogens is 1. The summed E-state index contributed by atoms with van der Waals surface area (Å²) in [6.45, 7) is 0.476. The maximum Gasteiger partial charge on any atom is 0.248 e. The zero-order valence-corrected chi connectivity index (χ0v) is 12.2. The van der Waals surface area contributed by atoms with Crippen molar-refractivity contribution in [2.24, 2.45) is 0 Å². The van der Waals surface area contributed by atoms with Gasteiger partial charge < -0.3 is 14.4 Å². The molecule has 0 saturated carbocycles. The van der Waals surface area contributed by atoms with Crippen LogP contribution in [0.3, 0.4) is 0 Å². The van der Waals surface area contributed by atoms with Crippen LogP contribution in [0.4, 0.5) is 0 Å². The highest BCUT2D eigenvalue weighted by Gasteiger charge is 2.13. The van der Waals surface area contributed by atoms with Crippen molar-refractivity contribution in [1.82, 2.24) is 9.88 Å². The van der Waals surface area contributed by atoms with Crippen LogP contribution in [0.15, 0.2) is 48.7 Å². The van der Waals surface area contributed by atoms with Gasteiger partial charge in [-0.2, -0.15) is 0 Å². The summed E-state index contributed by atoms with van der Waals surface area (Å²) in [5, 5.41) is 0. The van der Waals surface area contributed by atoms with E-state index in [1.54, 1.807) is 18.1 Å². The molecule has 0 spiro atoms. The maximum atomic E-state index is 11.8. The minimum atomic E-state index is -0.0907. The number of amides is 1. The molecule has 110 valence electrons. The van der Waals surface area contributed by atoms with E-state index in [9.17, 15) is 4.79 Å². The highest BCUT2D eigenvalue weighted by Crippen LogP contribution is 2.23.